The first-order valence-corrected chi connectivity index (χ1v) is 21.9. The van der Waals surface area contributed by atoms with Gasteiger partial charge >= 0.3 is 5.97 Å². The lowest BCUT2D eigenvalue weighted by atomic mass is 9.84. The fourth-order valence-corrected chi connectivity index (χ4v) is 9.35. The first-order chi connectivity index (χ1) is 29.1. The Hall–Kier alpha value is -5.67. The van der Waals surface area contributed by atoms with Crippen molar-refractivity contribution in [2.75, 3.05) is 5.75 Å². The zero-order chi connectivity index (χ0) is 42.1. The molecule has 5 unspecified atom stereocenters. The smallest absolute Gasteiger partial charge is 0.338 e. The average molecular weight is 844 g/mol. The summed E-state index contributed by atoms with van der Waals surface area (Å²) in [6.45, 7) is 1.90. The lowest BCUT2D eigenvalue weighted by molar-refractivity contribution is -0.255. The predicted molar refractivity (Wildman–Crippen MR) is 229 cm³/mol. The molecule has 0 aliphatic carbocycles. The molecule has 1 fully saturated rings. The number of carboxylic acids is 1. The van der Waals surface area contributed by atoms with Crippen molar-refractivity contribution >= 4 is 33.7 Å². The SMILES string of the molecule is Cc1ccc(S(=O)(=O)NC(Cc2ccccc2)C(=O)NCc2ccc(C3OC(CSc4ncccc4C(=O)O)C(c4ccccc4)C(c4ccc(CO)cc4)O3)cc2)cc1. The van der Waals surface area contributed by atoms with Gasteiger partial charge in [0.25, 0.3) is 0 Å². The van der Waals surface area contributed by atoms with E-state index in [4.69, 9.17) is 9.47 Å². The Kier molecular flexibility index (Phi) is 13.9. The molecule has 1 saturated heterocycles. The van der Waals surface area contributed by atoms with Crippen LogP contribution < -0.4 is 10.0 Å². The average Bonchev–Trinajstić information content (AvgIpc) is 3.28. The summed E-state index contributed by atoms with van der Waals surface area (Å²) in [6.07, 6.45) is -0.0585. The Morgan fingerprint density at radius 3 is 2.07 bits per heavy atom. The number of aliphatic hydroxyl groups excluding tert-OH is 1. The molecule has 1 aliphatic heterocycles. The van der Waals surface area contributed by atoms with Gasteiger partial charge in [-0.05, 0) is 65.4 Å². The van der Waals surface area contributed by atoms with Crippen molar-refractivity contribution in [3.05, 3.63) is 196 Å². The van der Waals surface area contributed by atoms with Crippen molar-refractivity contribution in [1.82, 2.24) is 15.0 Å². The third-order valence-electron chi connectivity index (χ3n) is 10.3. The van der Waals surface area contributed by atoms with Gasteiger partial charge in [0.1, 0.15) is 11.1 Å². The fourth-order valence-electron chi connectivity index (χ4n) is 7.10. The maximum absolute atomic E-state index is 13.7. The van der Waals surface area contributed by atoms with E-state index in [0.29, 0.717) is 10.8 Å². The van der Waals surface area contributed by atoms with E-state index in [1.807, 2.05) is 116 Å². The molecule has 11 nitrogen and oxygen atoms in total. The topological polar surface area (TPSA) is 164 Å². The van der Waals surface area contributed by atoms with E-state index >= 15 is 0 Å². The maximum atomic E-state index is 13.7. The number of aryl methyl sites for hydroxylation is 1. The van der Waals surface area contributed by atoms with Gasteiger partial charge in [-0.3, -0.25) is 4.79 Å². The third kappa shape index (κ3) is 10.5. The Bertz CT molecular complexity index is 2470. The van der Waals surface area contributed by atoms with Crippen LogP contribution in [0.4, 0.5) is 0 Å². The van der Waals surface area contributed by atoms with Crippen LogP contribution in [0.5, 0.6) is 0 Å². The molecule has 0 radical (unpaired) electrons. The van der Waals surface area contributed by atoms with E-state index in [-0.39, 0.29) is 35.9 Å². The number of ether oxygens (including phenoxy) is 2. The molecule has 0 saturated carbocycles. The number of benzene rings is 5. The fraction of sp³-hybridized carbons (Fsp3) is 0.213. The van der Waals surface area contributed by atoms with Crippen LogP contribution in [0.15, 0.2) is 162 Å². The van der Waals surface area contributed by atoms with Crippen molar-refractivity contribution in [3.63, 3.8) is 0 Å². The van der Waals surface area contributed by atoms with Crippen LogP contribution in [0.1, 0.15) is 67.6 Å². The number of aliphatic hydroxyl groups is 1. The molecule has 4 N–H and O–H groups in total. The van der Waals surface area contributed by atoms with E-state index in [1.165, 1.54) is 30.0 Å². The first kappa shape index (κ1) is 42.5. The van der Waals surface area contributed by atoms with Crippen molar-refractivity contribution in [2.24, 2.45) is 0 Å². The molecule has 0 bridgehead atoms. The van der Waals surface area contributed by atoms with Gasteiger partial charge in [-0.1, -0.05) is 127 Å². The van der Waals surface area contributed by atoms with Crippen LogP contribution >= 0.6 is 11.8 Å². The normalized spacial score (nSPS) is 18.4. The second-order valence-electron chi connectivity index (χ2n) is 14.5. The summed E-state index contributed by atoms with van der Waals surface area (Å²) in [6, 6.07) is 42.7. The number of pyridine rings is 1. The number of carbonyl (C=O) groups is 2. The summed E-state index contributed by atoms with van der Waals surface area (Å²) in [5.41, 5.74) is 5.95. The molecule has 1 aliphatic rings. The molecule has 13 heteroatoms. The molecule has 2 heterocycles. The Balaban J connectivity index is 1.12. The summed E-state index contributed by atoms with van der Waals surface area (Å²) in [5.74, 6) is -1.47. The number of nitrogens with zero attached hydrogens (tertiary/aromatic N) is 1. The molecular formula is C47H45N3O8S2. The lowest BCUT2D eigenvalue weighted by Crippen LogP contribution is -2.47. The van der Waals surface area contributed by atoms with Gasteiger partial charge in [0.2, 0.25) is 15.9 Å². The Morgan fingerprint density at radius 1 is 0.750 bits per heavy atom. The van der Waals surface area contributed by atoms with Gasteiger partial charge < -0.3 is 25.0 Å². The van der Waals surface area contributed by atoms with Crippen LogP contribution in [0.2, 0.25) is 0 Å². The number of rotatable bonds is 16. The number of amides is 1. The molecule has 6 aromatic rings. The minimum Gasteiger partial charge on any atom is -0.478 e. The number of carbonyl (C=O) groups excluding carboxylic acids is 1. The van der Waals surface area contributed by atoms with Gasteiger partial charge in [-0.15, -0.1) is 11.8 Å². The summed E-state index contributed by atoms with van der Waals surface area (Å²) in [4.78, 5) is 30.2. The van der Waals surface area contributed by atoms with Crippen molar-refractivity contribution in [3.8, 4) is 0 Å². The van der Waals surface area contributed by atoms with Crippen LogP contribution in [0.25, 0.3) is 0 Å². The highest BCUT2D eigenvalue weighted by molar-refractivity contribution is 7.99. The lowest BCUT2D eigenvalue weighted by Gasteiger charge is -2.43. The van der Waals surface area contributed by atoms with Gasteiger partial charge in [-0.25, -0.2) is 18.2 Å². The van der Waals surface area contributed by atoms with Crippen molar-refractivity contribution in [1.29, 1.82) is 0 Å². The predicted octanol–water partition coefficient (Wildman–Crippen LogP) is 7.52. The highest BCUT2D eigenvalue weighted by Gasteiger charge is 2.42. The number of hydrogen-bond donors (Lipinski definition) is 4. The summed E-state index contributed by atoms with van der Waals surface area (Å²) >= 11 is 1.31. The summed E-state index contributed by atoms with van der Waals surface area (Å²) < 4.78 is 43.0. The second kappa shape index (κ2) is 19.6. The summed E-state index contributed by atoms with van der Waals surface area (Å²) in [7, 11) is -4.00. The molecule has 0 spiro atoms. The molecule has 1 aromatic heterocycles. The standard InChI is InChI=1S/C47H45N3O8S2/c1-31-14-24-38(25-15-31)60(55,56)50-40(27-32-9-4-2-5-10-32)44(52)49-28-33-16-22-37(23-17-33)47-57-41(30-59-45-39(46(53)54)13-8-26-48-45)42(35-11-6-3-7-12-35)43(58-47)36-20-18-34(29-51)19-21-36/h2-26,40-43,47,50-51H,27-30H2,1H3,(H,49,52)(H,53,54). The minimum absolute atomic E-state index is 0.0729. The van der Waals surface area contributed by atoms with Gasteiger partial charge in [0.05, 0.1) is 29.3 Å². The molecule has 5 aromatic carbocycles. The van der Waals surface area contributed by atoms with Crippen LogP contribution in [0, 0.1) is 6.92 Å². The van der Waals surface area contributed by atoms with Gasteiger partial charge in [-0.2, -0.15) is 4.72 Å². The van der Waals surface area contributed by atoms with E-state index in [0.717, 1.165) is 38.9 Å². The third-order valence-corrected chi connectivity index (χ3v) is 12.9. The summed E-state index contributed by atoms with van der Waals surface area (Å²) in [5, 5.41) is 22.9. The van der Waals surface area contributed by atoms with E-state index in [1.54, 1.807) is 24.4 Å². The highest BCUT2D eigenvalue weighted by Crippen LogP contribution is 2.48. The Morgan fingerprint density at radius 2 is 1.40 bits per heavy atom. The molecule has 1 amide bonds. The largest absolute Gasteiger partial charge is 0.478 e. The zero-order valence-electron chi connectivity index (χ0n) is 32.8. The van der Waals surface area contributed by atoms with E-state index < -0.39 is 46.4 Å². The number of nitrogens with one attached hydrogen (secondary N) is 2. The maximum Gasteiger partial charge on any atom is 0.338 e. The second-order valence-corrected chi connectivity index (χ2v) is 17.2. The molecule has 5 atom stereocenters. The van der Waals surface area contributed by atoms with E-state index in [9.17, 15) is 28.2 Å². The molecule has 7 rings (SSSR count). The van der Waals surface area contributed by atoms with Gasteiger partial charge in [0.15, 0.2) is 6.29 Å². The molecule has 308 valence electrons. The minimum atomic E-state index is -4.00. The van der Waals surface area contributed by atoms with Crippen molar-refractivity contribution in [2.45, 2.75) is 66.9 Å². The zero-order valence-corrected chi connectivity index (χ0v) is 34.4. The number of aromatic carboxylic acids is 1. The van der Waals surface area contributed by atoms with Crippen molar-refractivity contribution < 1.29 is 37.7 Å². The molecular weight excluding hydrogens is 799 g/mol. The van der Waals surface area contributed by atoms with Crippen LogP contribution in [-0.4, -0.2) is 53.4 Å². The van der Waals surface area contributed by atoms with Crippen LogP contribution in [-0.2, 0) is 43.9 Å². The first-order valence-electron chi connectivity index (χ1n) is 19.4. The number of carboxylic acid groups (broad SMARTS) is 1. The monoisotopic (exact) mass is 843 g/mol. The van der Waals surface area contributed by atoms with E-state index in [2.05, 4.69) is 15.0 Å². The molecule has 60 heavy (non-hydrogen) atoms. The number of thioether (sulfide) groups is 1. The van der Waals surface area contributed by atoms with Crippen LogP contribution in [0.3, 0.4) is 0 Å². The Labute approximate surface area is 353 Å². The number of hydrogen-bond acceptors (Lipinski definition) is 9. The van der Waals surface area contributed by atoms with Gasteiger partial charge in [0, 0.05) is 30.0 Å². The number of sulfonamides is 1. The quantitative estimate of drug-likeness (QED) is 0.0717. The highest BCUT2D eigenvalue weighted by atomic mass is 32.2. The number of aromatic nitrogens is 1.